The van der Waals surface area contributed by atoms with Crippen molar-refractivity contribution in [3.05, 3.63) is 182 Å². The highest BCUT2D eigenvalue weighted by atomic mass is 16.7. The van der Waals surface area contributed by atoms with Crippen molar-refractivity contribution in [2.45, 2.75) is 309 Å². The van der Waals surface area contributed by atoms with E-state index >= 15 is 0 Å². The number of carboxylic acids is 1. The Hall–Kier alpha value is -5.61. The summed E-state index contributed by atoms with van der Waals surface area (Å²) in [4.78, 5) is 37.7. The number of likely N-dealkylation sites (N-methyl/N-ethyl adjacent to an activating group) is 1. The lowest BCUT2D eigenvalue weighted by Gasteiger charge is -2.25. The standard InChI is InChI=1S/C88H143NO8/c1-6-8-10-12-14-16-18-20-22-24-26-28-30-32-34-36-38-40-41-42-43-44-45-47-48-50-52-54-56-58-60-62-64-66-68-70-72-74-76-78-85(90)95-82-84(83-96-88(87(92)93)94-81-80-89(3,4)5)97-86(91)79-77-75-73-71-69-67-65-63-61-59-57-55-53-51-49-46-39-37-35-33-31-29-27-25-23-21-19-17-15-13-11-9-7-2/h8-11,14-17,20-23,26-29,32-35,38-40,42-43,46,51,53,57,59,84,88H,6-7,12-13,18-19,24-25,30-31,36-37,41,44-45,47-50,52,54-56,58,60-83H2,1-5H3/p+1/b10-8-,11-9-,16-14-,17-15-,22-20-,23-21-,28-26-,29-27-,34-32-,35-33-,40-38-,43-42-,46-39-,53-51-,59-57-. The molecular formula is C88H144NO8+. The van der Waals surface area contributed by atoms with Crippen molar-refractivity contribution in [3.63, 3.8) is 0 Å². The molecule has 1 N–H and O–H groups in total. The minimum absolute atomic E-state index is 0.178. The van der Waals surface area contributed by atoms with Gasteiger partial charge in [0, 0.05) is 12.8 Å². The van der Waals surface area contributed by atoms with Crippen LogP contribution in [0, 0.1) is 0 Å². The topological polar surface area (TPSA) is 108 Å². The van der Waals surface area contributed by atoms with Gasteiger partial charge in [0.2, 0.25) is 0 Å². The number of quaternary nitrogens is 1. The minimum Gasteiger partial charge on any atom is -0.477 e. The largest absolute Gasteiger partial charge is 0.477 e. The SMILES string of the molecule is CC/C=C\C/C=C\C/C=C\C/C=C\C/C=C\C/C=C\C/C=C\C/C=C\CCCCCCCCCCC(=O)OC(COC(=O)CCCCCCCCCCCCCCCCCCC/C=C\C/C=C\C/C=C\C/C=C\C/C=C\C/C=C\C/C=C\CC)COC(OCC[N+](C)(C)C)C(=O)O. The van der Waals surface area contributed by atoms with Gasteiger partial charge in [-0.05, 0) is 135 Å². The second-order valence-corrected chi connectivity index (χ2v) is 26.6. The number of nitrogens with zero attached hydrogens (tertiary/aromatic N) is 1. The Bertz CT molecular complexity index is 2260. The first-order valence-electron chi connectivity index (χ1n) is 38.9. The summed E-state index contributed by atoms with van der Waals surface area (Å²) in [6.45, 7) is 4.64. The molecule has 9 heteroatoms. The summed E-state index contributed by atoms with van der Waals surface area (Å²) in [5.74, 6) is -2.02. The lowest BCUT2D eigenvalue weighted by atomic mass is 10.0. The third kappa shape index (κ3) is 77.6. The van der Waals surface area contributed by atoms with Crippen molar-refractivity contribution in [1.82, 2.24) is 0 Å². The molecule has 0 rings (SSSR count). The first-order valence-corrected chi connectivity index (χ1v) is 38.9. The van der Waals surface area contributed by atoms with Gasteiger partial charge in [-0.2, -0.15) is 0 Å². The summed E-state index contributed by atoms with van der Waals surface area (Å²) in [6.07, 6.45) is 113. The van der Waals surface area contributed by atoms with Crippen molar-refractivity contribution < 1.29 is 42.9 Å². The zero-order valence-corrected chi connectivity index (χ0v) is 62.7. The number of hydrogen-bond donors (Lipinski definition) is 1. The maximum absolute atomic E-state index is 13.0. The van der Waals surface area contributed by atoms with E-state index in [1.165, 1.54) is 122 Å². The average molecular weight is 1340 g/mol. The molecule has 0 aromatic carbocycles. The lowest BCUT2D eigenvalue weighted by Crippen LogP contribution is -2.40. The maximum Gasteiger partial charge on any atom is 0.361 e. The molecule has 0 radical (unpaired) electrons. The summed E-state index contributed by atoms with van der Waals surface area (Å²) < 4.78 is 23.0. The molecule has 9 nitrogen and oxygen atoms in total. The average Bonchev–Trinajstić information content (AvgIpc) is 2.59. The van der Waals surface area contributed by atoms with Crippen molar-refractivity contribution in [2.75, 3.05) is 47.5 Å². The molecule has 0 spiro atoms. The summed E-state index contributed by atoms with van der Waals surface area (Å²) >= 11 is 0. The fraction of sp³-hybridized carbons (Fsp3) is 0.625. The molecule has 0 bridgehead atoms. The smallest absolute Gasteiger partial charge is 0.361 e. The van der Waals surface area contributed by atoms with Crippen LogP contribution >= 0.6 is 0 Å². The van der Waals surface area contributed by atoms with Gasteiger partial charge in [-0.15, -0.1) is 0 Å². The van der Waals surface area contributed by atoms with Crippen LogP contribution in [0.3, 0.4) is 0 Å². The number of hydrogen-bond acceptors (Lipinski definition) is 7. The quantitative estimate of drug-likeness (QED) is 0.0211. The van der Waals surface area contributed by atoms with Gasteiger partial charge in [0.1, 0.15) is 13.2 Å². The van der Waals surface area contributed by atoms with Gasteiger partial charge < -0.3 is 28.5 Å². The molecule has 0 aliphatic heterocycles. The predicted molar refractivity (Wildman–Crippen MR) is 419 cm³/mol. The van der Waals surface area contributed by atoms with E-state index in [4.69, 9.17) is 18.9 Å². The summed E-state index contributed by atoms with van der Waals surface area (Å²) in [5, 5.41) is 9.77. The zero-order chi connectivity index (χ0) is 70.4. The van der Waals surface area contributed by atoms with Crippen molar-refractivity contribution >= 4 is 17.9 Å². The first-order chi connectivity index (χ1) is 47.6. The predicted octanol–water partition coefficient (Wildman–Crippen LogP) is 25.1. The fourth-order valence-corrected chi connectivity index (χ4v) is 10.3. The van der Waals surface area contributed by atoms with E-state index < -0.39 is 24.3 Å². The molecule has 0 aromatic rings. The molecule has 2 atom stereocenters. The Kier molecular flexibility index (Phi) is 71.7. The number of aliphatic carboxylic acids is 1. The Labute approximate surface area is 596 Å². The van der Waals surface area contributed by atoms with E-state index in [9.17, 15) is 19.5 Å². The number of allylic oxidation sites excluding steroid dienone is 30. The highest BCUT2D eigenvalue weighted by molar-refractivity contribution is 5.71. The second-order valence-electron chi connectivity index (χ2n) is 26.6. The highest BCUT2D eigenvalue weighted by Crippen LogP contribution is 2.17. The van der Waals surface area contributed by atoms with Crippen LogP contribution in [-0.4, -0.2) is 87.4 Å². The molecule has 0 aliphatic carbocycles. The lowest BCUT2D eigenvalue weighted by molar-refractivity contribution is -0.870. The molecule has 0 aromatic heterocycles. The molecular weight excluding hydrogens is 1200 g/mol. The van der Waals surface area contributed by atoms with Crippen LogP contribution in [-0.2, 0) is 33.3 Å². The number of esters is 2. The van der Waals surface area contributed by atoms with Gasteiger partial charge in [0.25, 0.3) is 6.29 Å². The summed E-state index contributed by atoms with van der Waals surface area (Å²) in [5.41, 5.74) is 0. The molecule has 0 heterocycles. The third-order valence-electron chi connectivity index (χ3n) is 16.2. The summed E-state index contributed by atoms with van der Waals surface area (Å²) in [6, 6.07) is 0. The van der Waals surface area contributed by atoms with Crippen LogP contribution in [0.5, 0.6) is 0 Å². The van der Waals surface area contributed by atoms with Crippen LogP contribution in [0.25, 0.3) is 0 Å². The van der Waals surface area contributed by atoms with E-state index in [2.05, 4.69) is 196 Å². The van der Waals surface area contributed by atoms with E-state index in [1.54, 1.807) is 0 Å². The van der Waals surface area contributed by atoms with Gasteiger partial charge in [0.05, 0.1) is 34.4 Å². The molecule has 2 unspecified atom stereocenters. The number of carbonyl (C=O) groups excluding carboxylic acids is 2. The van der Waals surface area contributed by atoms with E-state index in [-0.39, 0.29) is 32.2 Å². The molecule has 0 saturated carbocycles. The van der Waals surface area contributed by atoms with Crippen LogP contribution in [0.15, 0.2) is 182 Å². The summed E-state index contributed by atoms with van der Waals surface area (Å²) in [7, 11) is 5.97. The van der Waals surface area contributed by atoms with Crippen molar-refractivity contribution in [3.8, 4) is 0 Å². The maximum atomic E-state index is 13.0. The van der Waals surface area contributed by atoms with E-state index in [1.807, 2.05) is 21.1 Å². The van der Waals surface area contributed by atoms with Gasteiger partial charge >= 0.3 is 17.9 Å². The molecule has 97 heavy (non-hydrogen) atoms. The van der Waals surface area contributed by atoms with E-state index in [0.29, 0.717) is 23.9 Å². The molecule has 0 amide bonds. The van der Waals surface area contributed by atoms with Crippen LogP contribution < -0.4 is 0 Å². The van der Waals surface area contributed by atoms with E-state index in [0.717, 1.165) is 141 Å². The van der Waals surface area contributed by atoms with Crippen molar-refractivity contribution in [2.24, 2.45) is 0 Å². The molecule has 0 aliphatic rings. The van der Waals surface area contributed by atoms with Crippen molar-refractivity contribution in [1.29, 1.82) is 0 Å². The second kappa shape index (κ2) is 76.1. The third-order valence-corrected chi connectivity index (χ3v) is 16.2. The Morgan fingerprint density at radius 3 is 0.825 bits per heavy atom. The number of rotatable bonds is 70. The minimum atomic E-state index is -1.52. The monoisotopic (exact) mass is 1340 g/mol. The number of carboxylic acid groups (broad SMARTS) is 1. The number of unbranched alkanes of at least 4 members (excludes halogenated alkanes) is 25. The molecule has 0 fully saturated rings. The Morgan fingerprint density at radius 2 is 0.557 bits per heavy atom. The fourth-order valence-electron chi connectivity index (χ4n) is 10.3. The number of carbonyl (C=O) groups is 3. The molecule has 0 saturated heterocycles. The zero-order valence-electron chi connectivity index (χ0n) is 62.7. The van der Waals surface area contributed by atoms with Crippen LogP contribution in [0.4, 0.5) is 0 Å². The normalized spacial score (nSPS) is 13.7. The molecule has 548 valence electrons. The highest BCUT2D eigenvalue weighted by Gasteiger charge is 2.25. The Balaban J connectivity index is 4.11. The van der Waals surface area contributed by atoms with Crippen LogP contribution in [0.1, 0.15) is 296 Å². The van der Waals surface area contributed by atoms with Gasteiger partial charge in [0.15, 0.2) is 6.10 Å². The number of ether oxygens (including phenoxy) is 4. The Morgan fingerprint density at radius 1 is 0.309 bits per heavy atom. The van der Waals surface area contributed by atoms with Gasteiger partial charge in [-0.3, -0.25) is 9.59 Å². The first kappa shape index (κ1) is 91.4. The van der Waals surface area contributed by atoms with Gasteiger partial charge in [-0.1, -0.05) is 331 Å². The van der Waals surface area contributed by atoms with Crippen LogP contribution in [0.2, 0.25) is 0 Å². The van der Waals surface area contributed by atoms with Gasteiger partial charge in [-0.25, -0.2) is 4.79 Å².